The van der Waals surface area contributed by atoms with Crippen molar-refractivity contribution >= 4 is 28.9 Å². The van der Waals surface area contributed by atoms with Crippen molar-refractivity contribution in [3.63, 3.8) is 0 Å². The van der Waals surface area contributed by atoms with E-state index >= 15 is 0 Å². The van der Waals surface area contributed by atoms with Crippen LogP contribution in [0.5, 0.6) is 0 Å². The fraction of sp³-hybridized carbons (Fsp3) is 0.368. The van der Waals surface area contributed by atoms with Gasteiger partial charge in [0.15, 0.2) is 11.6 Å². The van der Waals surface area contributed by atoms with Crippen LogP contribution in [-0.2, 0) is 9.59 Å². The first-order valence-electron chi connectivity index (χ1n) is 8.21. The molecule has 0 saturated carbocycles. The van der Waals surface area contributed by atoms with Crippen LogP contribution < -0.4 is 4.90 Å². The maximum atomic E-state index is 12.4. The third kappa shape index (κ3) is 2.43. The molecule has 0 amide bonds. The van der Waals surface area contributed by atoms with E-state index < -0.39 is 0 Å². The summed E-state index contributed by atoms with van der Waals surface area (Å²) in [7, 11) is 0. The van der Waals surface area contributed by atoms with Gasteiger partial charge in [0, 0.05) is 52.5 Å². The second-order valence-electron chi connectivity index (χ2n) is 6.39. The number of halogens is 1. The Labute approximate surface area is 140 Å². The zero-order valence-corrected chi connectivity index (χ0v) is 13.7. The standard InChI is InChI=1S/C19H18ClNO2/c20-12-7-9-13(10-8-12)21-16-3-1-5-18(22)14(16)11-15-17(21)4-2-6-19(15)23/h7-10H,1-6,11H2. The predicted molar refractivity (Wildman–Crippen MR) is 90.3 cm³/mol. The Morgan fingerprint density at radius 1 is 0.783 bits per heavy atom. The molecule has 1 aromatic rings. The third-order valence-electron chi connectivity index (χ3n) is 4.98. The second kappa shape index (κ2) is 5.64. The lowest BCUT2D eigenvalue weighted by Crippen LogP contribution is -2.35. The molecule has 3 aliphatic rings. The maximum absolute atomic E-state index is 12.4. The summed E-state index contributed by atoms with van der Waals surface area (Å²) in [6, 6.07) is 7.67. The minimum Gasteiger partial charge on any atom is -0.317 e. The van der Waals surface area contributed by atoms with Crippen LogP contribution in [-0.4, -0.2) is 11.6 Å². The molecule has 4 heteroatoms. The number of hydrogen-bond acceptors (Lipinski definition) is 3. The van der Waals surface area contributed by atoms with Crippen LogP contribution in [0.25, 0.3) is 0 Å². The molecule has 0 atom stereocenters. The average molecular weight is 328 g/mol. The average Bonchev–Trinajstić information content (AvgIpc) is 2.55. The molecule has 0 spiro atoms. The van der Waals surface area contributed by atoms with Crippen molar-refractivity contribution < 1.29 is 9.59 Å². The zero-order chi connectivity index (χ0) is 16.0. The number of benzene rings is 1. The molecule has 2 aliphatic carbocycles. The van der Waals surface area contributed by atoms with Crippen LogP contribution in [0.1, 0.15) is 44.9 Å². The Morgan fingerprint density at radius 3 is 1.83 bits per heavy atom. The number of carbonyl (C=O) groups excluding carboxylic acids is 2. The van der Waals surface area contributed by atoms with Gasteiger partial charge in [-0.3, -0.25) is 9.59 Å². The van der Waals surface area contributed by atoms with Crippen molar-refractivity contribution in [3.05, 3.63) is 51.8 Å². The highest BCUT2D eigenvalue weighted by Crippen LogP contribution is 2.43. The van der Waals surface area contributed by atoms with E-state index in [0.29, 0.717) is 24.3 Å². The predicted octanol–water partition coefficient (Wildman–Crippen LogP) is 4.56. The molecule has 0 unspecified atom stereocenters. The summed E-state index contributed by atoms with van der Waals surface area (Å²) in [5.74, 6) is 0.408. The lowest BCUT2D eigenvalue weighted by atomic mass is 9.80. The van der Waals surface area contributed by atoms with E-state index in [0.717, 1.165) is 53.9 Å². The minimum absolute atomic E-state index is 0.204. The van der Waals surface area contributed by atoms with E-state index in [9.17, 15) is 9.59 Å². The molecule has 1 aliphatic heterocycles. The molecule has 0 N–H and O–H groups in total. The van der Waals surface area contributed by atoms with Gasteiger partial charge >= 0.3 is 0 Å². The van der Waals surface area contributed by atoms with E-state index in [4.69, 9.17) is 11.6 Å². The van der Waals surface area contributed by atoms with E-state index in [1.807, 2.05) is 24.3 Å². The number of nitrogens with zero attached hydrogens (tertiary/aromatic N) is 1. The molecule has 3 nitrogen and oxygen atoms in total. The van der Waals surface area contributed by atoms with Crippen LogP contribution in [0.2, 0.25) is 5.02 Å². The van der Waals surface area contributed by atoms with Crippen LogP contribution in [0.15, 0.2) is 46.8 Å². The SMILES string of the molecule is O=C1CCCC2=C1CC1=C(CCCC1=O)N2c1ccc(Cl)cc1. The van der Waals surface area contributed by atoms with Crippen molar-refractivity contribution in [3.8, 4) is 0 Å². The van der Waals surface area contributed by atoms with E-state index in [1.54, 1.807) is 0 Å². The molecular formula is C19H18ClNO2. The van der Waals surface area contributed by atoms with Gasteiger partial charge in [-0.25, -0.2) is 0 Å². The van der Waals surface area contributed by atoms with Crippen LogP contribution in [0, 0.1) is 0 Å². The molecule has 1 aromatic carbocycles. The smallest absolute Gasteiger partial charge is 0.160 e. The summed E-state index contributed by atoms with van der Waals surface area (Å²) in [4.78, 5) is 27.0. The van der Waals surface area contributed by atoms with Crippen LogP contribution in [0.3, 0.4) is 0 Å². The molecular weight excluding hydrogens is 310 g/mol. The normalized spacial score (nSPS) is 21.5. The van der Waals surface area contributed by atoms with Crippen molar-refractivity contribution in [1.29, 1.82) is 0 Å². The zero-order valence-electron chi connectivity index (χ0n) is 12.9. The number of rotatable bonds is 1. The van der Waals surface area contributed by atoms with Crippen molar-refractivity contribution in [2.24, 2.45) is 0 Å². The lowest BCUT2D eigenvalue weighted by Gasteiger charge is -2.40. The number of carbonyl (C=O) groups is 2. The minimum atomic E-state index is 0.204. The van der Waals surface area contributed by atoms with Gasteiger partial charge in [0.25, 0.3) is 0 Å². The van der Waals surface area contributed by atoms with Gasteiger partial charge in [-0.05, 0) is 49.9 Å². The molecule has 0 radical (unpaired) electrons. The lowest BCUT2D eigenvalue weighted by molar-refractivity contribution is -0.116. The highest BCUT2D eigenvalue weighted by atomic mass is 35.5. The maximum Gasteiger partial charge on any atom is 0.160 e. The number of ketones is 2. The van der Waals surface area contributed by atoms with Gasteiger partial charge in [-0.1, -0.05) is 11.6 Å². The monoisotopic (exact) mass is 327 g/mol. The molecule has 1 heterocycles. The Hall–Kier alpha value is -1.87. The first kappa shape index (κ1) is 14.7. The Morgan fingerprint density at radius 2 is 1.30 bits per heavy atom. The fourth-order valence-electron chi connectivity index (χ4n) is 3.89. The van der Waals surface area contributed by atoms with Crippen molar-refractivity contribution in [2.75, 3.05) is 4.90 Å². The molecule has 0 fully saturated rings. The number of Topliss-reactive ketones (excluding diaryl/α,β-unsaturated/α-hetero) is 2. The quantitative estimate of drug-likeness (QED) is 0.758. The number of hydrogen-bond donors (Lipinski definition) is 0. The summed E-state index contributed by atoms with van der Waals surface area (Å²) >= 11 is 6.02. The van der Waals surface area contributed by atoms with Gasteiger partial charge in [-0.15, -0.1) is 0 Å². The topological polar surface area (TPSA) is 37.4 Å². The highest BCUT2D eigenvalue weighted by molar-refractivity contribution is 6.30. The highest BCUT2D eigenvalue weighted by Gasteiger charge is 2.36. The molecule has 0 saturated heterocycles. The Kier molecular flexibility index (Phi) is 3.61. The van der Waals surface area contributed by atoms with Crippen LogP contribution in [0.4, 0.5) is 5.69 Å². The summed E-state index contributed by atoms with van der Waals surface area (Å²) < 4.78 is 0. The largest absolute Gasteiger partial charge is 0.317 e. The number of allylic oxidation sites excluding steroid dienone is 4. The second-order valence-corrected chi connectivity index (χ2v) is 6.83. The Bertz CT molecular complexity index is 716. The van der Waals surface area contributed by atoms with Crippen LogP contribution >= 0.6 is 11.6 Å². The van der Waals surface area contributed by atoms with Gasteiger partial charge < -0.3 is 4.90 Å². The van der Waals surface area contributed by atoms with Crippen molar-refractivity contribution in [2.45, 2.75) is 44.9 Å². The van der Waals surface area contributed by atoms with Gasteiger partial charge in [0.2, 0.25) is 0 Å². The molecule has 0 bridgehead atoms. The summed E-state index contributed by atoms with van der Waals surface area (Å²) in [6.45, 7) is 0. The molecule has 118 valence electrons. The van der Waals surface area contributed by atoms with Gasteiger partial charge in [-0.2, -0.15) is 0 Å². The van der Waals surface area contributed by atoms with Crippen molar-refractivity contribution in [1.82, 2.24) is 0 Å². The molecule has 23 heavy (non-hydrogen) atoms. The summed E-state index contributed by atoms with van der Waals surface area (Å²) in [5.41, 5.74) is 4.88. The van der Waals surface area contributed by atoms with E-state index in [1.165, 1.54) is 0 Å². The number of anilines is 1. The Balaban J connectivity index is 1.88. The molecule has 4 rings (SSSR count). The third-order valence-corrected chi connectivity index (χ3v) is 5.23. The fourth-order valence-corrected chi connectivity index (χ4v) is 4.02. The summed E-state index contributed by atoms with van der Waals surface area (Å²) in [6.07, 6.45) is 5.31. The van der Waals surface area contributed by atoms with Gasteiger partial charge in [0.05, 0.1) is 0 Å². The summed E-state index contributed by atoms with van der Waals surface area (Å²) in [5, 5.41) is 0.689. The first-order valence-corrected chi connectivity index (χ1v) is 8.59. The van der Waals surface area contributed by atoms with E-state index in [-0.39, 0.29) is 11.6 Å². The van der Waals surface area contributed by atoms with E-state index in [2.05, 4.69) is 4.90 Å². The van der Waals surface area contributed by atoms with Gasteiger partial charge in [0.1, 0.15) is 0 Å². The molecule has 0 aromatic heterocycles. The first-order chi connectivity index (χ1) is 11.1.